The third-order valence-electron chi connectivity index (χ3n) is 13.3. The Hall–Kier alpha value is -0.520. The maximum absolute atomic E-state index is 12.0. The molecule has 0 aromatic carbocycles. The van der Waals surface area contributed by atoms with Crippen LogP contribution in [-0.2, 0) is 18.9 Å². The Morgan fingerprint density at radius 1 is 0.689 bits per heavy atom. The van der Waals surface area contributed by atoms with Gasteiger partial charge in [-0.2, -0.15) is 0 Å². The number of ether oxygens (including phenoxy) is 4. The lowest BCUT2D eigenvalue weighted by atomic mass is 9.41. The molecule has 0 radical (unpaired) electrons. The summed E-state index contributed by atoms with van der Waals surface area (Å²) in [5.41, 5.74) is -1.57. The lowest BCUT2D eigenvalue weighted by Gasteiger charge is -2.65. The maximum Gasteiger partial charge on any atom is 0.186 e. The van der Waals surface area contributed by atoms with Crippen molar-refractivity contribution in [3.05, 3.63) is 0 Å². The zero-order valence-corrected chi connectivity index (χ0v) is 26.5. The quantitative estimate of drug-likeness (QED) is 0.148. The smallest absolute Gasteiger partial charge is 0.186 e. The molecule has 0 aromatic rings. The van der Waals surface area contributed by atoms with Crippen LogP contribution in [0.15, 0.2) is 0 Å². The predicted octanol–water partition coefficient (Wildman–Crippen LogP) is -1.24. The lowest BCUT2D eigenvalue weighted by Crippen LogP contribution is -2.63. The van der Waals surface area contributed by atoms with Crippen molar-refractivity contribution in [3.63, 3.8) is 0 Å². The van der Waals surface area contributed by atoms with Crippen LogP contribution in [0.2, 0.25) is 0 Å². The molecule has 6 rings (SSSR count). The van der Waals surface area contributed by atoms with Gasteiger partial charge in [-0.1, -0.05) is 20.8 Å². The molecule has 4 aliphatic carbocycles. The first-order valence-corrected chi connectivity index (χ1v) is 16.7. The molecular formula is C32H54O13. The Bertz CT molecular complexity index is 1060. The van der Waals surface area contributed by atoms with Gasteiger partial charge in [0.2, 0.25) is 0 Å². The van der Waals surface area contributed by atoms with E-state index in [1.165, 1.54) is 0 Å². The third kappa shape index (κ3) is 5.42. The van der Waals surface area contributed by atoms with E-state index in [1.54, 1.807) is 0 Å². The molecule has 0 amide bonds. The summed E-state index contributed by atoms with van der Waals surface area (Å²) >= 11 is 0. The molecule has 45 heavy (non-hydrogen) atoms. The number of hydrogen-bond donors (Lipinski definition) is 9. The Labute approximate surface area is 264 Å². The topological polar surface area (TPSA) is 219 Å². The van der Waals surface area contributed by atoms with Crippen molar-refractivity contribution >= 4 is 0 Å². The largest absolute Gasteiger partial charge is 0.394 e. The highest BCUT2D eigenvalue weighted by molar-refractivity contribution is 5.17. The van der Waals surface area contributed by atoms with Crippen molar-refractivity contribution in [1.82, 2.24) is 0 Å². The van der Waals surface area contributed by atoms with Crippen LogP contribution in [0.5, 0.6) is 0 Å². The van der Waals surface area contributed by atoms with Gasteiger partial charge in [-0.05, 0) is 85.4 Å². The molecule has 2 saturated heterocycles. The van der Waals surface area contributed by atoms with E-state index < -0.39 is 80.2 Å². The van der Waals surface area contributed by atoms with Crippen LogP contribution in [0.3, 0.4) is 0 Å². The third-order valence-corrected chi connectivity index (χ3v) is 13.3. The van der Waals surface area contributed by atoms with Crippen molar-refractivity contribution in [2.45, 2.75) is 145 Å². The van der Waals surface area contributed by atoms with Crippen LogP contribution in [-0.4, -0.2) is 139 Å². The molecule has 13 heteroatoms. The summed E-state index contributed by atoms with van der Waals surface area (Å²) in [5.74, 6) is 0.645. The van der Waals surface area contributed by atoms with Gasteiger partial charge in [0.1, 0.15) is 48.8 Å². The Morgan fingerprint density at radius 2 is 1.29 bits per heavy atom. The van der Waals surface area contributed by atoms with Gasteiger partial charge < -0.3 is 64.9 Å². The molecular weight excluding hydrogens is 592 g/mol. The van der Waals surface area contributed by atoms with E-state index in [-0.39, 0.29) is 40.8 Å². The van der Waals surface area contributed by atoms with Gasteiger partial charge in [-0.3, -0.25) is 0 Å². The molecule has 17 atom stereocenters. The maximum atomic E-state index is 12.0. The second-order valence-electron chi connectivity index (χ2n) is 16.0. The molecule has 6 aliphatic rings. The minimum absolute atomic E-state index is 0.0117. The van der Waals surface area contributed by atoms with Crippen LogP contribution in [0.1, 0.15) is 72.1 Å². The van der Waals surface area contributed by atoms with Crippen molar-refractivity contribution < 1.29 is 64.9 Å². The van der Waals surface area contributed by atoms with Crippen LogP contribution in [0, 0.1) is 34.0 Å². The first-order chi connectivity index (χ1) is 21.1. The van der Waals surface area contributed by atoms with E-state index in [2.05, 4.69) is 20.8 Å². The molecule has 260 valence electrons. The zero-order chi connectivity index (χ0) is 32.7. The normalized spacial score (nSPS) is 56.0. The van der Waals surface area contributed by atoms with Crippen molar-refractivity contribution in [3.8, 4) is 0 Å². The molecule has 2 bridgehead atoms. The van der Waals surface area contributed by atoms with Gasteiger partial charge in [0.25, 0.3) is 0 Å². The summed E-state index contributed by atoms with van der Waals surface area (Å²) in [4.78, 5) is 0. The average molecular weight is 647 g/mol. The van der Waals surface area contributed by atoms with E-state index in [1.807, 2.05) is 0 Å². The number of hydrogen-bond acceptors (Lipinski definition) is 13. The molecule has 1 spiro atoms. The van der Waals surface area contributed by atoms with Crippen LogP contribution >= 0.6 is 0 Å². The Kier molecular flexibility index (Phi) is 9.25. The van der Waals surface area contributed by atoms with Crippen molar-refractivity contribution in [1.29, 1.82) is 0 Å². The number of fused-ring (bicyclic) bond motifs is 3. The second kappa shape index (κ2) is 12.1. The molecule has 0 aromatic heterocycles. The summed E-state index contributed by atoms with van der Waals surface area (Å²) in [7, 11) is 0. The van der Waals surface area contributed by atoms with E-state index >= 15 is 0 Å². The second-order valence-corrected chi connectivity index (χ2v) is 16.0. The van der Waals surface area contributed by atoms with Crippen LogP contribution in [0.4, 0.5) is 0 Å². The van der Waals surface area contributed by atoms with Gasteiger partial charge in [-0.15, -0.1) is 0 Å². The minimum atomic E-state index is -1.54. The predicted molar refractivity (Wildman–Crippen MR) is 155 cm³/mol. The standard InChI is InChI=1S/C32H54O13/c1-29(2)18-6-9-31-10-15(32(41,13-31)14-42-27-25(39)23(37)21(35)16(11-33)43-27)4-5-19(31)30(18,3)8-7-20(29)45-28-26(40)24(38)22(36)17(12-34)44-28/h15-28,33-41H,4-14H2,1-3H3/t15-,16+,17-,18-,19+,20-,21+,22-,23-,24+,25+,26-,27+,28+,30-,31+,32+/m1/s1. The minimum Gasteiger partial charge on any atom is -0.394 e. The summed E-state index contributed by atoms with van der Waals surface area (Å²) in [5, 5.41) is 93.1. The average Bonchev–Trinajstić information content (AvgIpc) is 3.21. The SMILES string of the molecule is CC1(C)[C@H]2CC[C@@]34C[C@@H](CC[C@H]3[C@]2(C)CC[C@H]1O[C@@H]1O[C@H](CO)[C@@H](O)[C@H](O)[C@H]1O)[C@@](O)(CO[C@H]1O[C@@H](CO)[C@H](O)[C@@H](O)[C@@H]1O)C4. The molecule has 6 fully saturated rings. The Morgan fingerprint density at radius 3 is 1.91 bits per heavy atom. The number of aliphatic hydroxyl groups excluding tert-OH is 8. The number of rotatable bonds is 7. The molecule has 13 nitrogen and oxygen atoms in total. The van der Waals surface area contributed by atoms with Crippen molar-refractivity contribution in [2.24, 2.45) is 34.0 Å². The van der Waals surface area contributed by atoms with Gasteiger partial charge in [0, 0.05) is 0 Å². The lowest BCUT2D eigenvalue weighted by molar-refractivity contribution is -0.329. The van der Waals surface area contributed by atoms with Crippen molar-refractivity contribution in [2.75, 3.05) is 19.8 Å². The first-order valence-electron chi connectivity index (χ1n) is 16.7. The number of aliphatic hydroxyl groups is 9. The fraction of sp³-hybridized carbons (Fsp3) is 1.00. The first kappa shape index (κ1) is 34.3. The molecule has 4 saturated carbocycles. The van der Waals surface area contributed by atoms with Gasteiger partial charge >= 0.3 is 0 Å². The Balaban J connectivity index is 1.15. The van der Waals surface area contributed by atoms with E-state index in [9.17, 15) is 46.0 Å². The van der Waals surface area contributed by atoms with Gasteiger partial charge in [0.15, 0.2) is 12.6 Å². The zero-order valence-electron chi connectivity index (χ0n) is 26.5. The highest BCUT2D eigenvalue weighted by Gasteiger charge is 2.68. The molecule has 2 aliphatic heterocycles. The van der Waals surface area contributed by atoms with E-state index in [0.717, 1.165) is 38.5 Å². The van der Waals surface area contributed by atoms with Gasteiger partial charge in [-0.25, -0.2) is 0 Å². The summed E-state index contributed by atoms with van der Waals surface area (Å²) < 4.78 is 23.5. The van der Waals surface area contributed by atoms with E-state index in [4.69, 9.17) is 18.9 Å². The van der Waals surface area contributed by atoms with E-state index in [0.29, 0.717) is 18.8 Å². The highest BCUT2D eigenvalue weighted by atomic mass is 16.7. The van der Waals surface area contributed by atoms with Gasteiger partial charge in [0.05, 0.1) is 31.5 Å². The van der Waals surface area contributed by atoms with Crippen LogP contribution < -0.4 is 0 Å². The summed E-state index contributed by atoms with van der Waals surface area (Å²) in [6, 6.07) is 0. The monoisotopic (exact) mass is 646 g/mol. The molecule has 0 unspecified atom stereocenters. The summed E-state index contributed by atoms with van der Waals surface area (Å²) in [6.07, 6.45) is -7.11. The highest BCUT2D eigenvalue weighted by Crippen LogP contribution is 2.73. The molecule has 2 heterocycles. The fourth-order valence-electron chi connectivity index (χ4n) is 11.0. The summed E-state index contributed by atoms with van der Waals surface area (Å²) in [6.45, 7) is 5.60. The fourth-order valence-corrected chi connectivity index (χ4v) is 11.0. The molecule has 9 N–H and O–H groups in total. The van der Waals surface area contributed by atoms with Crippen LogP contribution in [0.25, 0.3) is 0 Å².